The molecular formula is C13H14N2O4. The average molecular weight is 262 g/mol. The van der Waals surface area contributed by atoms with E-state index in [2.05, 4.69) is 0 Å². The maximum atomic E-state index is 10.9. The van der Waals surface area contributed by atoms with Crippen molar-refractivity contribution >= 4 is 11.7 Å². The minimum absolute atomic E-state index is 0.0822. The SMILES string of the molecule is NC(C(=O)O)C12CC(c3cccc([N+](=O)[O-])c3)(C1)C2. The lowest BCUT2D eigenvalue weighted by molar-refractivity contribution is -0.385. The fraction of sp³-hybridized carbons (Fsp3) is 0.462. The number of non-ortho nitro benzene ring substituents is 1. The summed E-state index contributed by atoms with van der Waals surface area (Å²) in [6.07, 6.45) is 2.15. The molecule has 19 heavy (non-hydrogen) atoms. The second-order valence-electron chi connectivity index (χ2n) is 5.80. The number of benzene rings is 1. The van der Waals surface area contributed by atoms with Crippen LogP contribution >= 0.6 is 0 Å². The van der Waals surface area contributed by atoms with Gasteiger partial charge in [0.2, 0.25) is 0 Å². The zero-order valence-corrected chi connectivity index (χ0v) is 10.2. The van der Waals surface area contributed by atoms with Crippen LogP contribution in [0.3, 0.4) is 0 Å². The van der Waals surface area contributed by atoms with Crippen LogP contribution < -0.4 is 5.73 Å². The van der Waals surface area contributed by atoms with Gasteiger partial charge in [-0.15, -0.1) is 0 Å². The number of aliphatic carboxylic acids is 1. The molecule has 1 aromatic rings. The zero-order chi connectivity index (χ0) is 13.8. The maximum Gasteiger partial charge on any atom is 0.321 e. The molecule has 0 radical (unpaired) electrons. The lowest BCUT2D eigenvalue weighted by Gasteiger charge is -2.72. The molecule has 3 fully saturated rings. The van der Waals surface area contributed by atoms with Gasteiger partial charge in [0, 0.05) is 12.1 Å². The van der Waals surface area contributed by atoms with Gasteiger partial charge in [-0.05, 0) is 35.7 Å². The molecule has 1 atom stereocenters. The monoisotopic (exact) mass is 262 g/mol. The number of nitrogens with zero attached hydrogens (tertiary/aromatic N) is 1. The van der Waals surface area contributed by atoms with E-state index in [4.69, 9.17) is 10.8 Å². The summed E-state index contributed by atoms with van der Waals surface area (Å²) in [7, 11) is 0. The molecule has 0 aliphatic heterocycles. The molecule has 100 valence electrons. The molecule has 1 aromatic carbocycles. The highest BCUT2D eigenvalue weighted by atomic mass is 16.6. The van der Waals surface area contributed by atoms with E-state index < -0.39 is 16.9 Å². The number of hydrogen-bond acceptors (Lipinski definition) is 4. The predicted octanol–water partition coefficient (Wildman–Crippen LogP) is 1.43. The molecule has 3 aliphatic rings. The van der Waals surface area contributed by atoms with E-state index in [1.807, 2.05) is 6.07 Å². The Bertz CT molecular complexity index is 564. The average Bonchev–Trinajstić information content (AvgIpc) is 2.25. The third-order valence-electron chi connectivity index (χ3n) is 4.67. The van der Waals surface area contributed by atoms with Crippen LogP contribution in [-0.2, 0) is 10.2 Å². The lowest BCUT2D eigenvalue weighted by Crippen LogP contribution is -2.72. The standard InChI is InChI=1S/C13H14N2O4/c14-10(11(16)17)13-5-12(6-13,7-13)8-2-1-3-9(4-8)15(18)19/h1-4,10H,5-7,14H2,(H,16,17). The minimum Gasteiger partial charge on any atom is -0.480 e. The molecule has 6 nitrogen and oxygen atoms in total. The molecular weight excluding hydrogens is 248 g/mol. The van der Waals surface area contributed by atoms with E-state index in [-0.39, 0.29) is 16.5 Å². The van der Waals surface area contributed by atoms with E-state index in [1.54, 1.807) is 12.1 Å². The Morgan fingerprint density at radius 3 is 2.58 bits per heavy atom. The van der Waals surface area contributed by atoms with Crippen LogP contribution in [0, 0.1) is 15.5 Å². The van der Waals surface area contributed by atoms with Gasteiger partial charge in [0.25, 0.3) is 5.69 Å². The number of carboxylic acid groups (broad SMARTS) is 1. The third-order valence-corrected chi connectivity index (χ3v) is 4.67. The molecule has 0 aromatic heterocycles. The molecule has 1 unspecified atom stereocenters. The van der Waals surface area contributed by atoms with E-state index >= 15 is 0 Å². The van der Waals surface area contributed by atoms with Crippen LogP contribution in [0.5, 0.6) is 0 Å². The fourth-order valence-corrected chi connectivity index (χ4v) is 3.71. The molecule has 0 spiro atoms. The highest BCUT2D eigenvalue weighted by Gasteiger charge is 2.71. The second-order valence-corrected chi connectivity index (χ2v) is 5.80. The van der Waals surface area contributed by atoms with Crippen LogP contribution in [0.25, 0.3) is 0 Å². The second kappa shape index (κ2) is 3.54. The molecule has 6 heteroatoms. The first-order valence-electron chi connectivity index (χ1n) is 6.12. The molecule has 2 bridgehead atoms. The maximum absolute atomic E-state index is 10.9. The number of carboxylic acids is 1. The van der Waals surface area contributed by atoms with Crippen molar-refractivity contribution < 1.29 is 14.8 Å². The summed E-state index contributed by atoms with van der Waals surface area (Å²) in [6.45, 7) is 0. The quantitative estimate of drug-likeness (QED) is 0.630. The number of hydrogen-bond donors (Lipinski definition) is 2. The van der Waals surface area contributed by atoms with Crippen LogP contribution in [-0.4, -0.2) is 22.0 Å². The van der Waals surface area contributed by atoms with Gasteiger partial charge in [-0.3, -0.25) is 14.9 Å². The van der Waals surface area contributed by atoms with Crippen molar-refractivity contribution in [1.82, 2.24) is 0 Å². The summed E-state index contributed by atoms with van der Waals surface area (Å²) < 4.78 is 0. The summed E-state index contributed by atoms with van der Waals surface area (Å²) in [6, 6.07) is 5.79. The van der Waals surface area contributed by atoms with E-state index in [0.717, 1.165) is 5.56 Å². The Morgan fingerprint density at radius 1 is 1.42 bits per heavy atom. The highest BCUT2D eigenvalue weighted by Crippen LogP contribution is 2.74. The van der Waals surface area contributed by atoms with Crippen molar-refractivity contribution in [3.63, 3.8) is 0 Å². The summed E-state index contributed by atoms with van der Waals surface area (Å²) in [5.74, 6) is -0.965. The van der Waals surface area contributed by atoms with Crippen molar-refractivity contribution in [1.29, 1.82) is 0 Å². The number of carbonyl (C=O) groups is 1. The zero-order valence-electron chi connectivity index (χ0n) is 10.2. The van der Waals surface area contributed by atoms with Crippen molar-refractivity contribution in [3.8, 4) is 0 Å². The van der Waals surface area contributed by atoms with Crippen LogP contribution in [0.15, 0.2) is 24.3 Å². The topological polar surface area (TPSA) is 106 Å². The van der Waals surface area contributed by atoms with Gasteiger partial charge in [0.15, 0.2) is 0 Å². The van der Waals surface area contributed by atoms with Crippen LogP contribution in [0.1, 0.15) is 24.8 Å². The summed E-state index contributed by atoms with van der Waals surface area (Å²) in [5, 5.41) is 19.7. The Hall–Kier alpha value is -1.95. The Labute approximate surface area is 109 Å². The smallest absolute Gasteiger partial charge is 0.321 e. The van der Waals surface area contributed by atoms with Crippen LogP contribution in [0.2, 0.25) is 0 Å². The molecule has 0 amide bonds. The van der Waals surface area contributed by atoms with Crippen molar-refractivity contribution in [2.75, 3.05) is 0 Å². The summed E-state index contributed by atoms with van der Waals surface area (Å²) >= 11 is 0. The Morgan fingerprint density at radius 2 is 2.05 bits per heavy atom. The fourth-order valence-electron chi connectivity index (χ4n) is 3.71. The first-order valence-corrected chi connectivity index (χ1v) is 6.12. The van der Waals surface area contributed by atoms with Crippen molar-refractivity contribution in [2.45, 2.75) is 30.7 Å². The highest BCUT2D eigenvalue weighted by molar-refractivity contribution is 5.76. The number of rotatable bonds is 4. The molecule has 3 aliphatic carbocycles. The molecule has 4 rings (SSSR count). The molecule has 3 N–H and O–H groups in total. The largest absolute Gasteiger partial charge is 0.480 e. The summed E-state index contributed by atoms with van der Waals surface area (Å²) in [4.78, 5) is 21.3. The molecule has 0 saturated heterocycles. The van der Waals surface area contributed by atoms with Crippen molar-refractivity contribution in [3.05, 3.63) is 39.9 Å². The number of nitro benzene ring substituents is 1. The van der Waals surface area contributed by atoms with Gasteiger partial charge in [0.05, 0.1) is 4.92 Å². The normalized spacial score (nSPS) is 32.9. The van der Waals surface area contributed by atoms with Gasteiger partial charge < -0.3 is 10.8 Å². The van der Waals surface area contributed by atoms with Gasteiger partial charge in [-0.2, -0.15) is 0 Å². The van der Waals surface area contributed by atoms with Crippen LogP contribution in [0.4, 0.5) is 5.69 Å². The lowest BCUT2D eigenvalue weighted by atomic mass is 9.31. The summed E-state index contributed by atoms with van der Waals surface area (Å²) in [5.41, 5.74) is 6.34. The van der Waals surface area contributed by atoms with E-state index in [9.17, 15) is 14.9 Å². The number of nitro groups is 1. The first-order chi connectivity index (χ1) is 8.89. The Kier molecular flexibility index (Phi) is 2.25. The van der Waals surface area contributed by atoms with Gasteiger partial charge in [-0.1, -0.05) is 12.1 Å². The van der Waals surface area contributed by atoms with Gasteiger partial charge in [-0.25, -0.2) is 0 Å². The third kappa shape index (κ3) is 1.49. The van der Waals surface area contributed by atoms with Gasteiger partial charge in [0.1, 0.15) is 6.04 Å². The van der Waals surface area contributed by atoms with E-state index in [0.29, 0.717) is 19.3 Å². The number of nitrogens with two attached hydrogens (primary N) is 1. The Balaban J connectivity index is 1.80. The van der Waals surface area contributed by atoms with E-state index in [1.165, 1.54) is 6.07 Å². The molecule has 3 saturated carbocycles. The van der Waals surface area contributed by atoms with Crippen molar-refractivity contribution in [2.24, 2.45) is 11.1 Å². The predicted molar refractivity (Wildman–Crippen MR) is 66.7 cm³/mol. The van der Waals surface area contributed by atoms with Gasteiger partial charge >= 0.3 is 5.97 Å². The minimum atomic E-state index is -0.965. The first kappa shape index (κ1) is 12.1. The molecule has 0 heterocycles.